The van der Waals surface area contributed by atoms with E-state index in [0.717, 1.165) is 11.8 Å². The van der Waals surface area contributed by atoms with Crippen molar-refractivity contribution in [3.8, 4) is 11.3 Å². The third kappa shape index (κ3) is 3.05. The second-order valence-corrected chi connectivity index (χ2v) is 9.12. The number of fused-ring (bicyclic) bond motifs is 1. The molecule has 2 aliphatic rings. The number of nitrogens with zero attached hydrogens (tertiary/aromatic N) is 1. The molecule has 0 N–H and O–H groups in total. The molecule has 1 heteroatoms. The molecule has 2 fully saturated rings. The van der Waals surface area contributed by atoms with Gasteiger partial charge in [-0.3, -0.25) is 0 Å². The van der Waals surface area contributed by atoms with Crippen LogP contribution in [0, 0.1) is 6.92 Å². The normalized spacial score (nSPS) is 18.4. The molecule has 1 nitrogen and oxygen atoms in total. The molecule has 1 heterocycles. The second kappa shape index (κ2) is 7.35. The summed E-state index contributed by atoms with van der Waals surface area (Å²) in [5, 5.41) is 2.95. The van der Waals surface area contributed by atoms with Crippen LogP contribution in [0.1, 0.15) is 79.9 Å². The van der Waals surface area contributed by atoms with E-state index >= 15 is 0 Å². The topological polar surface area (TPSA) is 3.88 Å². The highest BCUT2D eigenvalue weighted by Crippen LogP contribution is 2.43. The standard InChI is InChI=1S/C27H32N/c1-19-9-3-8-14-23(19)27-26-18-22(20-10-4-5-11-20)17-25(21-12-6-7-13-21)24(26)15-16-28(27)2/h3,8-9,14-18,20-21H,4-7,10-13H2,1-2H3/q+1. The molecule has 0 atom stereocenters. The Morgan fingerprint density at radius 1 is 0.786 bits per heavy atom. The number of benzene rings is 2. The number of aryl methyl sites for hydroxylation is 2. The maximum Gasteiger partial charge on any atom is 0.220 e. The SMILES string of the molecule is Cc1ccccc1-c1c2cc(C3CCCC3)cc(C3CCCC3)c2cc[n+]1C. The Morgan fingerprint density at radius 2 is 1.46 bits per heavy atom. The number of rotatable bonds is 3. The molecule has 1 aromatic heterocycles. The maximum absolute atomic E-state index is 2.61. The van der Waals surface area contributed by atoms with Gasteiger partial charge in [-0.2, -0.15) is 0 Å². The monoisotopic (exact) mass is 370 g/mol. The van der Waals surface area contributed by atoms with Crippen molar-refractivity contribution >= 4 is 10.8 Å². The summed E-state index contributed by atoms with van der Waals surface area (Å²) in [4.78, 5) is 0. The van der Waals surface area contributed by atoms with Gasteiger partial charge in [0.25, 0.3) is 0 Å². The maximum atomic E-state index is 2.61. The zero-order valence-electron chi connectivity index (χ0n) is 17.4. The lowest BCUT2D eigenvalue weighted by Gasteiger charge is -2.19. The van der Waals surface area contributed by atoms with E-state index in [1.54, 1.807) is 11.1 Å². The van der Waals surface area contributed by atoms with Gasteiger partial charge >= 0.3 is 0 Å². The van der Waals surface area contributed by atoms with Crippen LogP contribution in [0.25, 0.3) is 22.0 Å². The van der Waals surface area contributed by atoms with E-state index < -0.39 is 0 Å². The molecule has 0 unspecified atom stereocenters. The van der Waals surface area contributed by atoms with Crippen LogP contribution in [0.5, 0.6) is 0 Å². The largest absolute Gasteiger partial charge is 0.220 e. The Hall–Kier alpha value is -2.15. The predicted octanol–water partition coefficient (Wildman–Crippen LogP) is 6.95. The molecule has 0 saturated heterocycles. The molecule has 0 amide bonds. The predicted molar refractivity (Wildman–Crippen MR) is 118 cm³/mol. The number of aromatic nitrogens is 1. The quantitative estimate of drug-likeness (QED) is 0.439. The van der Waals surface area contributed by atoms with Crippen molar-refractivity contribution in [2.75, 3.05) is 0 Å². The van der Waals surface area contributed by atoms with Crippen LogP contribution in [-0.2, 0) is 7.05 Å². The first-order chi connectivity index (χ1) is 13.7. The van der Waals surface area contributed by atoms with Gasteiger partial charge < -0.3 is 0 Å². The van der Waals surface area contributed by atoms with Crippen LogP contribution in [0.4, 0.5) is 0 Å². The molecule has 0 spiro atoms. The smallest absolute Gasteiger partial charge is 0.200 e. The Kier molecular flexibility index (Phi) is 4.70. The lowest BCUT2D eigenvalue weighted by atomic mass is 9.85. The highest BCUT2D eigenvalue weighted by atomic mass is 14.9. The first-order valence-electron chi connectivity index (χ1n) is 11.2. The minimum Gasteiger partial charge on any atom is -0.200 e. The Bertz CT molecular complexity index is 1000. The van der Waals surface area contributed by atoms with Crippen molar-refractivity contribution in [3.63, 3.8) is 0 Å². The summed E-state index contributed by atoms with van der Waals surface area (Å²) < 4.78 is 2.33. The Balaban J connectivity index is 1.80. The van der Waals surface area contributed by atoms with Crippen molar-refractivity contribution in [2.24, 2.45) is 7.05 Å². The molecule has 5 rings (SSSR count). The average molecular weight is 371 g/mol. The van der Waals surface area contributed by atoms with Gasteiger partial charge in [0, 0.05) is 11.6 Å². The first-order valence-corrected chi connectivity index (χ1v) is 11.2. The molecule has 28 heavy (non-hydrogen) atoms. The highest BCUT2D eigenvalue weighted by Gasteiger charge is 2.26. The second-order valence-electron chi connectivity index (χ2n) is 9.12. The van der Waals surface area contributed by atoms with Gasteiger partial charge in [-0.1, -0.05) is 49.9 Å². The first kappa shape index (κ1) is 17.9. The molecule has 0 radical (unpaired) electrons. The van der Waals surface area contributed by atoms with Gasteiger partial charge in [0.15, 0.2) is 6.20 Å². The molecule has 0 bridgehead atoms. The van der Waals surface area contributed by atoms with Gasteiger partial charge in [-0.25, -0.2) is 4.57 Å². The van der Waals surface area contributed by atoms with E-state index in [-0.39, 0.29) is 0 Å². The van der Waals surface area contributed by atoms with Crippen molar-refractivity contribution in [1.29, 1.82) is 0 Å². The molecule has 2 saturated carbocycles. The van der Waals surface area contributed by atoms with E-state index in [0.29, 0.717) is 0 Å². The lowest BCUT2D eigenvalue weighted by Crippen LogP contribution is -2.31. The minimum absolute atomic E-state index is 0.751. The summed E-state index contributed by atoms with van der Waals surface area (Å²) in [6.07, 6.45) is 13.3. The average Bonchev–Trinajstić information content (AvgIpc) is 3.42. The fourth-order valence-electron chi connectivity index (χ4n) is 5.77. The number of hydrogen-bond acceptors (Lipinski definition) is 0. The van der Waals surface area contributed by atoms with Crippen molar-refractivity contribution in [3.05, 3.63) is 65.4 Å². The van der Waals surface area contributed by atoms with E-state index in [4.69, 9.17) is 0 Å². The van der Waals surface area contributed by atoms with Crippen molar-refractivity contribution in [2.45, 2.75) is 70.1 Å². The molecule has 144 valence electrons. The summed E-state index contributed by atoms with van der Waals surface area (Å²) in [6.45, 7) is 2.24. The third-order valence-electron chi connectivity index (χ3n) is 7.33. The third-order valence-corrected chi connectivity index (χ3v) is 7.33. The molecular weight excluding hydrogens is 338 g/mol. The Labute approximate surface area is 169 Å². The van der Waals surface area contributed by atoms with Gasteiger partial charge in [0.2, 0.25) is 5.69 Å². The molecule has 2 aromatic carbocycles. The fourth-order valence-corrected chi connectivity index (χ4v) is 5.77. The van der Waals surface area contributed by atoms with Gasteiger partial charge in [0.05, 0.1) is 5.39 Å². The summed E-state index contributed by atoms with van der Waals surface area (Å²) in [5.74, 6) is 1.51. The molecule has 2 aliphatic carbocycles. The minimum atomic E-state index is 0.751. The lowest BCUT2D eigenvalue weighted by molar-refractivity contribution is -0.659. The van der Waals surface area contributed by atoms with Crippen LogP contribution in [-0.4, -0.2) is 0 Å². The summed E-state index contributed by atoms with van der Waals surface area (Å²) in [7, 11) is 2.21. The highest BCUT2D eigenvalue weighted by molar-refractivity contribution is 5.96. The van der Waals surface area contributed by atoms with E-state index in [1.807, 2.05) is 0 Å². The van der Waals surface area contributed by atoms with Crippen molar-refractivity contribution < 1.29 is 4.57 Å². The molecular formula is C27H32N+. The Morgan fingerprint density at radius 3 is 2.18 bits per heavy atom. The van der Waals surface area contributed by atoms with Crippen LogP contribution in [0.15, 0.2) is 48.7 Å². The zero-order valence-corrected chi connectivity index (χ0v) is 17.4. The van der Waals surface area contributed by atoms with Crippen molar-refractivity contribution in [1.82, 2.24) is 0 Å². The summed E-state index contributed by atoms with van der Waals surface area (Å²) >= 11 is 0. The van der Waals surface area contributed by atoms with Gasteiger partial charge in [-0.05, 0) is 78.7 Å². The zero-order chi connectivity index (χ0) is 19.1. The number of hydrogen-bond donors (Lipinski definition) is 0. The van der Waals surface area contributed by atoms with Crippen LogP contribution < -0.4 is 4.57 Å². The van der Waals surface area contributed by atoms with E-state index in [2.05, 4.69) is 67.2 Å². The summed E-state index contributed by atoms with van der Waals surface area (Å²) in [6, 6.07) is 16.4. The summed E-state index contributed by atoms with van der Waals surface area (Å²) in [5.41, 5.74) is 7.35. The molecule has 3 aromatic rings. The van der Waals surface area contributed by atoms with Gasteiger partial charge in [0.1, 0.15) is 7.05 Å². The van der Waals surface area contributed by atoms with Crippen LogP contribution in [0.3, 0.4) is 0 Å². The van der Waals surface area contributed by atoms with Gasteiger partial charge in [-0.15, -0.1) is 0 Å². The number of pyridine rings is 1. The molecule has 0 aliphatic heterocycles. The fraction of sp³-hybridized carbons (Fsp3) is 0.444. The van der Waals surface area contributed by atoms with Crippen LogP contribution in [0.2, 0.25) is 0 Å². The van der Waals surface area contributed by atoms with E-state index in [9.17, 15) is 0 Å². The van der Waals surface area contributed by atoms with E-state index in [1.165, 1.54) is 79.0 Å². The van der Waals surface area contributed by atoms with Crippen LogP contribution >= 0.6 is 0 Å².